The van der Waals surface area contributed by atoms with Crippen molar-refractivity contribution in [2.45, 2.75) is 39.8 Å². The Labute approximate surface area is 250 Å². The molecule has 2 aromatic heterocycles. The van der Waals surface area contributed by atoms with Crippen molar-refractivity contribution in [3.8, 4) is 5.75 Å². The largest absolute Gasteiger partial charge is 0.482 e. The molecule has 228 valence electrons. The molecular formula is C31H38FN7O4. The lowest BCUT2D eigenvalue weighted by Crippen LogP contribution is -2.54. The van der Waals surface area contributed by atoms with Gasteiger partial charge in [0.05, 0.1) is 11.3 Å². The van der Waals surface area contributed by atoms with Gasteiger partial charge in [-0.05, 0) is 57.5 Å². The van der Waals surface area contributed by atoms with Gasteiger partial charge in [0.15, 0.2) is 11.9 Å². The number of hydrogen-bond donors (Lipinski definition) is 2. The van der Waals surface area contributed by atoms with Crippen molar-refractivity contribution in [3.63, 3.8) is 0 Å². The predicted molar refractivity (Wildman–Crippen MR) is 160 cm³/mol. The predicted octanol–water partition coefficient (Wildman–Crippen LogP) is 3.41. The van der Waals surface area contributed by atoms with E-state index in [1.54, 1.807) is 67.9 Å². The molecule has 3 amide bonds. The standard InChI is InChI=1S/C31H38FN7O4/c1-7-28(40)39-14-13-38(17-21(39)5)18-26(24-10-9-19(3)29(32)34-24)43-25-15-20(4)22(16-23(25)30(41)33-8-2)31(42)35-27-11-12-37(6)36-27/h7,9-12,15-16,21,26H,1,8,13-14,17-18H2,2-6H3,(H,33,41)(H,35,36,42)/t21-,26-/m1/s1. The zero-order valence-electron chi connectivity index (χ0n) is 25.2. The second kappa shape index (κ2) is 13.6. The summed E-state index contributed by atoms with van der Waals surface area (Å²) in [6, 6.07) is 8.07. The van der Waals surface area contributed by atoms with Crippen molar-refractivity contribution < 1.29 is 23.5 Å². The van der Waals surface area contributed by atoms with Gasteiger partial charge < -0.3 is 20.3 Å². The highest BCUT2D eigenvalue weighted by molar-refractivity contribution is 6.07. The number of benzene rings is 1. The normalized spacial score (nSPS) is 16.0. The number of hydrogen-bond acceptors (Lipinski definition) is 7. The van der Waals surface area contributed by atoms with Gasteiger partial charge in [0.2, 0.25) is 11.9 Å². The smallest absolute Gasteiger partial charge is 0.257 e. The second-order valence-electron chi connectivity index (χ2n) is 10.6. The van der Waals surface area contributed by atoms with Gasteiger partial charge in [0, 0.05) is 69.2 Å². The van der Waals surface area contributed by atoms with Crippen LogP contribution in [0.5, 0.6) is 5.75 Å². The van der Waals surface area contributed by atoms with Crippen molar-refractivity contribution in [1.82, 2.24) is 29.9 Å². The van der Waals surface area contributed by atoms with Crippen molar-refractivity contribution >= 4 is 23.5 Å². The van der Waals surface area contributed by atoms with Crippen LogP contribution in [0.1, 0.15) is 57.5 Å². The van der Waals surface area contributed by atoms with E-state index in [-0.39, 0.29) is 28.8 Å². The van der Waals surface area contributed by atoms with Gasteiger partial charge >= 0.3 is 0 Å². The molecule has 0 aliphatic carbocycles. The molecule has 1 saturated heterocycles. The first-order valence-electron chi connectivity index (χ1n) is 14.2. The molecule has 3 aromatic rings. The quantitative estimate of drug-likeness (QED) is 0.274. The molecule has 1 aliphatic heterocycles. The van der Waals surface area contributed by atoms with E-state index in [1.165, 1.54) is 12.1 Å². The summed E-state index contributed by atoms with van der Waals surface area (Å²) in [5.41, 5.74) is 1.77. The first kappa shape index (κ1) is 31.4. The van der Waals surface area contributed by atoms with Crippen LogP contribution in [0.2, 0.25) is 0 Å². The molecule has 3 heterocycles. The number of pyridine rings is 1. The summed E-state index contributed by atoms with van der Waals surface area (Å²) in [5.74, 6) is -0.967. The highest BCUT2D eigenvalue weighted by Crippen LogP contribution is 2.30. The average Bonchev–Trinajstić information content (AvgIpc) is 3.38. The molecule has 1 aliphatic rings. The Balaban J connectivity index is 1.67. The lowest BCUT2D eigenvalue weighted by molar-refractivity contribution is -0.130. The molecule has 43 heavy (non-hydrogen) atoms. The van der Waals surface area contributed by atoms with E-state index in [1.807, 2.05) is 6.92 Å². The van der Waals surface area contributed by atoms with E-state index >= 15 is 0 Å². The molecular weight excluding hydrogens is 553 g/mol. The van der Waals surface area contributed by atoms with Crippen LogP contribution in [-0.2, 0) is 11.8 Å². The fraction of sp³-hybridized carbons (Fsp3) is 0.387. The third-order valence-electron chi connectivity index (χ3n) is 7.36. The van der Waals surface area contributed by atoms with Crippen molar-refractivity contribution in [2.75, 3.05) is 38.0 Å². The van der Waals surface area contributed by atoms with Crippen LogP contribution in [0.15, 0.2) is 49.2 Å². The monoisotopic (exact) mass is 591 g/mol. The maximum atomic E-state index is 14.6. The van der Waals surface area contributed by atoms with Gasteiger partial charge in [0.25, 0.3) is 11.8 Å². The van der Waals surface area contributed by atoms with Crippen LogP contribution >= 0.6 is 0 Å². The molecule has 11 nitrogen and oxygen atoms in total. The van der Waals surface area contributed by atoms with Crippen LogP contribution < -0.4 is 15.4 Å². The summed E-state index contributed by atoms with van der Waals surface area (Å²) in [6.07, 6.45) is 2.26. The lowest BCUT2D eigenvalue weighted by atomic mass is 10.0. The molecule has 0 unspecified atom stereocenters. The highest BCUT2D eigenvalue weighted by atomic mass is 19.1. The summed E-state index contributed by atoms with van der Waals surface area (Å²) in [7, 11) is 1.74. The molecule has 2 N–H and O–H groups in total. The summed E-state index contributed by atoms with van der Waals surface area (Å²) >= 11 is 0. The fourth-order valence-corrected chi connectivity index (χ4v) is 5.04. The van der Waals surface area contributed by atoms with Crippen molar-refractivity contribution in [3.05, 3.63) is 83.1 Å². The van der Waals surface area contributed by atoms with E-state index in [0.717, 1.165) is 0 Å². The van der Waals surface area contributed by atoms with E-state index in [0.29, 0.717) is 55.4 Å². The Morgan fingerprint density at radius 1 is 1.14 bits per heavy atom. The van der Waals surface area contributed by atoms with Crippen LogP contribution in [0.3, 0.4) is 0 Å². The molecule has 0 saturated carbocycles. The maximum Gasteiger partial charge on any atom is 0.257 e. The number of rotatable bonds is 10. The number of ether oxygens (including phenoxy) is 1. The topological polar surface area (TPSA) is 122 Å². The third kappa shape index (κ3) is 7.44. The van der Waals surface area contributed by atoms with Gasteiger partial charge in [-0.2, -0.15) is 9.49 Å². The highest BCUT2D eigenvalue weighted by Gasteiger charge is 2.30. The number of halogens is 1. The molecule has 1 fully saturated rings. The van der Waals surface area contributed by atoms with Crippen LogP contribution in [-0.4, -0.2) is 81.1 Å². The second-order valence-corrected chi connectivity index (χ2v) is 10.6. The van der Waals surface area contributed by atoms with Gasteiger partial charge in [-0.3, -0.25) is 24.0 Å². The minimum absolute atomic E-state index is 0.0762. The van der Waals surface area contributed by atoms with E-state index in [4.69, 9.17) is 4.74 Å². The molecule has 1 aromatic carbocycles. The fourth-order valence-electron chi connectivity index (χ4n) is 5.04. The van der Waals surface area contributed by atoms with Gasteiger partial charge in [-0.15, -0.1) is 0 Å². The minimum Gasteiger partial charge on any atom is -0.482 e. The van der Waals surface area contributed by atoms with Gasteiger partial charge in [-0.25, -0.2) is 4.98 Å². The summed E-state index contributed by atoms with van der Waals surface area (Å²) in [6.45, 7) is 13.0. The number of carbonyl (C=O) groups excluding carboxylic acids is 3. The van der Waals surface area contributed by atoms with Crippen LogP contribution in [0, 0.1) is 19.8 Å². The number of amides is 3. The summed E-state index contributed by atoms with van der Waals surface area (Å²) in [4.78, 5) is 46.7. The Hall–Kier alpha value is -4.58. The van der Waals surface area contributed by atoms with E-state index in [9.17, 15) is 18.8 Å². The van der Waals surface area contributed by atoms with Crippen molar-refractivity contribution in [1.29, 1.82) is 0 Å². The van der Waals surface area contributed by atoms with E-state index in [2.05, 4.69) is 32.2 Å². The number of nitrogens with one attached hydrogen (secondary N) is 2. The number of nitrogens with zero attached hydrogens (tertiary/aromatic N) is 5. The Bertz CT molecular complexity index is 1520. The molecule has 12 heteroatoms. The summed E-state index contributed by atoms with van der Waals surface area (Å²) < 4.78 is 22.7. The zero-order chi connectivity index (χ0) is 31.3. The Morgan fingerprint density at radius 2 is 1.91 bits per heavy atom. The molecule has 4 rings (SSSR count). The number of carbonyl (C=O) groups is 3. The average molecular weight is 592 g/mol. The maximum absolute atomic E-state index is 14.6. The van der Waals surface area contributed by atoms with Crippen LogP contribution in [0.25, 0.3) is 0 Å². The van der Waals surface area contributed by atoms with Gasteiger partial charge in [-0.1, -0.05) is 12.6 Å². The number of aryl methyl sites for hydroxylation is 3. The zero-order valence-corrected chi connectivity index (χ0v) is 25.2. The molecule has 2 atom stereocenters. The van der Waals surface area contributed by atoms with E-state index < -0.39 is 23.9 Å². The molecule has 0 radical (unpaired) electrons. The summed E-state index contributed by atoms with van der Waals surface area (Å²) in [5, 5.41) is 9.72. The van der Waals surface area contributed by atoms with Crippen LogP contribution in [0.4, 0.5) is 10.2 Å². The Kier molecular flexibility index (Phi) is 9.92. The third-order valence-corrected chi connectivity index (χ3v) is 7.36. The minimum atomic E-state index is -0.760. The first-order valence-corrected chi connectivity index (χ1v) is 14.2. The first-order chi connectivity index (χ1) is 20.5. The number of anilines is 1. The SMILES string of the molecule is C=CC(=O)N1CCN(C[C@@H](Oc2cc(C)c(C(=O)Nc3ccn(C)n3)cc2C(=O)NCC)c2ccc(C)c(F)n2)C[C@H]1C. The molecule has 0 spiro atoms. The van der Waals surface area contributed by atoms with Gasteiger partial charge in [0.1, 0.15) is 5.75 Å². The Morgan fingerprint density at radius 3 is 2.53 bits per heavy atom. The number of piperazine rings is 1. The van der Waals surface area contributed by atoms with Crippen molar-refractivity contribution in [2.24, 2.45) is 7.05 Å². The molecule has 0 bridgehead atoms. The lowest BCUT2D eigenvalue weighted by Gasteiger charge is -2.40. The number of aromatic nitrogens is 3.